The zero-order valence-corrected chi connectivity index (χ0v) is 17.0. The number of rotatable bonds is 6. The van der Waals surface area contributed by atoms with E-state index < -0.39 is 0 Å². The van der Waals surface area contributed by atoms with Gasteiger partial charge in [-0.3, -0.25) is 9.80 Å². The van der Waals surface area contributed by atoms with Crippen LogP contribution in [0.25, 0.3) is 11.4 Å². The molecule has 30 heavy (non-hydrogen) atoms. The van der Waals surface area contributed by atoms with Gasteiger partial charge < -0.3 is 9.13 Å². The van der Waals surface area contributed by atoms with Gasteiger partial charge in [0.2, 0.25) is 0 Å². The van der Waals surface area contributed by atoms with Crippen LogP contribution < -0.4 is 0 Å². The van der Waals surface area contributed by atoms with Crippen LogP contribution in [0, 0.1) is 0 Å². The second kappa shape index (κ2) is 8.65. The Labute approximate surface area is 177 Å². The van der Waals surface area contributed by atoms with Crippen LogP contribution in [0.4, 0.5) is 0 Å². The molecule has 1 saturated heterocycles. The quantitative estimate of drug-likeness (QED) is 0.499. The van der Waals surface area contributed by atoms with Crippen LogP contribution in [0.5, 0.6) is 0 Å². The Morgan fingerprint density at radius 2 is 0.967 bits per heavy atom. The maximum Gasteiger partial charge on any atom is 0.0991 e. The van der Waals surface area contributed by atoms with Crippen molar-refractivity contribution in [2.75, 3.05) is 26.2 Å². The molecule has 0 amide bonds. The van der Waals surface area contributed by atoms with Crippen molar-refractivity contribution < 1.29 is 0 Å². The van der Waals surface area contributed by atoms with Gasteiger partial charge in [0.05, 0.1) is 12.7 Å². The van der Waals surface area contributed by atoms with Crippen LogP contribution in [0.3, 0.4) is 0 Å². The Morgan fingerprint density at radius 3 is 1.30 bits per heavy atom. The molecule has 6 nitrogen and oxygen atoms in total. The predicted molar refractivity (Wildman–Crippen MR) is 118 cm³/mol. The molecule has 1 fully saturated rings. The second-order valence-electron chi connectivity index (χ2n) is 7.83. The number of hydrogen-bond donors (Lipinski definition) is 0. The highest BCUT2D eigenvalue weighted by atomic mass is 15.3. The zero-order chi connectivity index (χ0) is 20.2. The van der Waals surface area contributed by atoms with Crippen LogP contribution in [0.15, 0.2) is 86.0 Å². The summed E-state index contributed by atoms with van der Waals surface area (Å²) >= 11 is 0. The van der Waals surface area contributed by atoms with Crippen molar-refractivity contribution in [2.24, 2.45) is 0 Å². The van der Waals surface area contributed by atoms with Crippen LogP contribution in [0.1, 0.15) is 11.1 Å². The SMILES string of the molecule is c1cn(-c2ccc(CN3CCN(Cc4ccc(-n5ccnc5)cc4)CC3)cc2)cn1. The zero-order valence-electron chi connectivity index (χ0n) is 17.0. The molecule has 1 aliphatic heterocycles. The molecule has 0 N–H and O–H groups in total. The minimum absolute atomic E-state index is 1.01. The molecule has 0 spiro atoms. The van der Waals surface area contributed by atoms with Gasteiger partial charge in [0.15, 0.2) is 0 Å². The first kappa shape index (κ1) is 18.8. The van der Waals surface area contributed by atoms with Crippen LogP contribution in [-0.2, 0) is 13.1 Å². The van der Waals surface area contributed by atoms with Gasteiger partial charge in [-0.15, -0.1) is 0 Å². The number of imidazole rings is 2. The highest BCUT2D eigenvalue weighted by Crippen LogP contribution is 2.15. The van der Waals surface area contributed by atoms with Crippen molar-refractivity contribution in [1.82, 2.24) is 28.9 Å². The topological polar surface area (TPSA) is 42.1 Å². The summed E-state index contributed by atoms with van der Waals surface area (Å²) in [7, 11) is 0. The lowest BCUT2D eigenvalue weighted by Gasteiger charge is -2.34. The molecule has 0 aliphatic carbocycles. The van der Waals surface area contributed by atoms with Gasteiger partial charge in [0, 0.05) is 75.4 Å². The van der Waals surface area contributed by atoms with Crippen molar-refractivity contribution in [2.45, 2.75) is 13.1 Å². The van der Waals surface area contributed by atoms with Gasteiger partial charge in [0.1, 0.15) is 0 Å². The van der Waals surface area contributed by atoms with Crippen LogP contribution >= 0.6 is 0 Å². The van der Waals surface area contributed by atoms with E-state index in [1.807, 2.05) is 46.6 Å². The summed E-state index contributed by atoms with van der Waals surface area (Å²) in [6.45, 7) is 6.45. The Bertz CT molecular complexity index is 941. The summed E-state index contributed by atoms with van der Waals surface area (Å²) in [6, 6.07) is 17.6. The third-order valence-electron chi connectivity index (χ3n) is 5.76. The molecule has 0 saturated carbocycles. The monoisotopic (exact) mass is 398 g/mol. The molecule has 0 bridgehead atoms. The second-order valence-corrected chi connectivity index (χ2v) is 7.83. The molecular weight excluding hydrogens is 372 g/mol. The summed E-state index contributed by atoms with van der Waals surface area (Å²) in [5.41, 5.74) is 5.03. The van der Waals surface area contributed by atoms with E-state index in [0.29, 0.717) is 0 Å². The molecule has 0 radical (unpaired) electrons. The fourth-order valence-electron chi connectivity index (χ4n) is 3.99. The Balaban J connectivity index is 1.11. The van der Waals surface area contributed by atoms with Crippen LogP contribution in [0.2, 0.25) is 0 Å². The average Bonchev–Trinajstić information content (AvgIpc) is 3.51. The molecule has 6 heteroatoms. The summed E-state index contributed by atoms with van der Waals surface area (Å²) in [6.07, 6.45) is 11.2. The summed E-state index contributed by atoms with van der Waals surface area (Å²) in [4.78, 5) is 13.3. The van der Waals surface area contributed by atoms with Gasteiger partial charge >= 0.3 is 0 Å². The molecule has 3 heterocycles. The number of hydrogen-bond acceptors (Lipinski definition) is 4. The van der Waals surface area contributed by atoms with Crippen molar-refractivity contribution in [3.05, 3.63) is 97.1 Å². The summed E-state index contributed by atoms with van der Waals surface area (Å²) in [5, 5.41) is 0. The lowest BCUT2D eigenvalue weighted by Crippen LogP contribution is -2.45. The van der Waals surface area contributed by atoms with Crippen LogP contribution in [-0.4, -0.2) is 55.1 Å². The van der Waals surface area contributed by atoms with E-state index in [0.717, 1.165) is 50.6 Å². The Hall–Kier alpha value is -3.22. The number of nitrogens with zero attached hydrogens (tertiary/aromatic N) is 6. The molecule has 2 aromatic carbocycles. The van der Waals surface area contributed by atoms with E-state index in [4.69, 9.17) is 0 Å². The van der Waals surface area contributed by atoms with E-state index in [1.54, 1.807) is 0 Å². The maximum absolute atomic E-state index is 4.11. The number of benzene rings is 2. The molecule has 0 atom stereocenters. The fourth-order valence-corrected chi connectivity index (χ4v) is 3.99. The number of aromatic nitrogens is 4. The first-order chi connectivity index (χ1) is 14.8. The highest BCUT2D eigenvalue weighted by molar-refractivity contribution is 5.35. The largest absolute Gasteiger partial charge is 0.306 e. The van der Waals surface area contributed by atoms with Gasteiger partial charge in [-0.25, -0.2) is 9.97 Å². The molecular formula is C24H26N6. The molecule has 0 unspecified atom stereocenters. The van der Waals surface area contributed by atoms with Crippen molar-refractivity contribution >= 4 is 0 Å². The first-order valence-corrected chi connectivity index (χ1v) is 10.4. The number of piperazine rings is 1. The highest BCUT2D eigenvalue weighted by Gasteiger charge is 2.17. The van der Waals surface area contributed by atoms with Gasteiger partial charge in [0.25, 0.3) is 0 Å². The Morgan fingerprint density at radius 1 is 0.567 bits per heavy atom. The third-order valence-corrected chi connectivity index (χ3v) is 5.76. The predicted octanol–water partition coefficient (Wildman–Crippen LogP) is 3.38. The lowest BCUT2D eigenvalue weighted by molar-refractivity contribution is 0.122. The van der Waals surface area contributed by atoms with Gasteiger partial charge in [-0.05, 0) is 35.4 Å². The fraction of sp³-hybridized carbons (Fsp3) is 0.250. The smallest absolute Gasteiger partial charge is 0.0991 e. The lowest BCUT2D eigenvalue weighted by atomic mass is 10.1. The summed E-state index contributed by atoms with van der Waals surface area (Å²) in [5.74, 6) is 0. The molecule has 4 aromatic rings. The van der Waals surface area contributed by atoms with E-state index >= 15 is 0 Å². The van der Waals surface area contributed by atoms with E-state index in [-0.39, 0.29) is 0 Å². The standard InChI is InChI=1S/C24H26N6/c1-5-23(29-11-9-25-19-29)6-2-21(1)17-27-13-15-28(16-14-27)18-22-3-7-24(8-4-22)30-12-10-26-20-30/h1-12,19-20H,13-18H2. The van der Waals surface area contributed by atoms with Gasteiger partial charge in [-0.2, -0.15) is 0 Å². The van der Waals surface area contributed by atoms with Crippen molar-refractivity contribution in [3.8, 4) is 11.4 Å². The minimum Gasteiger partial charge on any atom is -0.306 e. The maximum atomic E-state index is 4.11. The average molecular weight is 399 g/mol. The Kier molecular flexibility index (Phi) is 5.42. The third kappa shape index (κ3) is 4.35. The van der Waals surface area contributed by atoms with E-state index in [9.17, 15) is 0 Å². The van der Waals surface area contributed by atoms with E-state index in [1.165, 1.54) is 11.1 Å². The van der Waals surface area contributed by atoms with Crippen molar-refractivity contribution in [1.29, 1.82) is 0 Å². The molecule has 5 rings (SSSR count). The van der Waals surface area contributed by atoms with E-state index in [2.05, 4.69) is 68.3 Å². The minimum atomic E-state index is 1.01. The summed E-state index contributed by atoms with van der Waals surface area (Å²) < 4.78 is 4.06. The molecule has 1 aliphatic rings. The first-order valence-electron chi connectivity index (χ1n) is 10.4. The molecule has 2 aromatic heterocycles. The van der Waals surface area contributed by atoms with Gasteiger partial charge in [-0.1, -0.05) is 24.3 Å². The van der Waals surface area contributed by atoms with Crippen molar-refractivity contribution in [3.63, 3.8) is 0 Å². The normalized spacial score (nSPS) is 15.5. The molecule has 152 valence electrons.